The predicted molar refractivity (Wildman–Crippen MR) is 91.7 cm³/mol. The molecule has 2 heterocycles. The van der Waals surface area contributed by atoms with Crippen LogP contribution in [0.2, 0.25) is 0 Å². The van der Waals surface area contributed by atoms with Crippen molar-refractivity contribution >= 4 is 11.9 Å². The van der Waals surface area contributed by atoms with E-state index < -0.39 is 5.91 Å². The Kier molecular flexibility index (Phi) is 3.90. The minimum atomic E-state index is -0.492. The van der Waals surface area contributed by atoms with Crippen LogP contribution < -0.4 is 16.0 Å². The second-order valence-corrected chi connectivity index (χ2v) is 6.58. The number of rotatable bonds is 6. The Morgan fingerprint density at radius 1 is 1.17 bits per heavy atom. The Morgan fingerprint density at radius 3 is 2.46 bits per heavy atom. The van der Waals surface area contributed by atoms with Gasteiger partial charge in [0.05, 0.1) is 5.56 Å². The summed E-state index contributed by atoms with van der Waals surface area (Å²) in [5.74, 6) is 1.56. The highest BCUT2D eigenvalue weighted by Crippen LogP contribution is 2.46. The van der Waals surface area contributed by atoms with Crippen molar-refractivity contribution in [3.63, 3.8) is 0 Å². The molecular formula is C18H21N5O. The summed E-state index contributed by atoms with van der Waals surface area (Å²) in [6, 6.07) is 11.2. The zero-order chi connectivity index (χ0) is 16.5. The number of carbonyl (C=O) groups is 1. The van der Waals surface area contributed by atoms with E-state index in [-0.39, 0.29) is 0 Å². The monoisotopic (exact) mass is 323 g/mol. The van der Waals surface area contributed by atoms with Gasteiger partial charge in [0.25, 0.3) is 5.91 Å². The highest BCUT2D eigenvalue weighted by atomic mass is 16.1. The first-order valence-corrected chi connectivity index (χ1v) is 8.36. The third-order valence-electron chi connectivity index (χ3n) is 5.04. The van der Waals surface area contributed by atoms with E-state index in [0.717, 1.165) is 26.1 Å². The molecule has 1 amide bonds. The minimum Gasteiger partial charge on any atom is -0.366 e. The summed E-state index contributed by atoms with van der Waals surface area (Å²) < 4.78 is 0. The molecule has 0 radical (unpaired) electrons. The molecule has 2 fully saturated rings. The van der Waals surface area contributed by atoms with E-state index in [1.54, 1.807) is 0 Å². The van der Waals surface area contributed by atoms with Gasteiger partial charge in [-0.1, -0.05) is 30.3 Å². The number of anilines is 1. The molecule has 1 aromatic carbocycles. The molecule has 2 aliphatic rings. The lowest BCUT2D eigenvalue weighted by molar-refractivity contribution is 0.0999. The van der Waals surface area contributed by atoms with E-state index in [9.17, 15) is 4.79 Å². The molecule has 124 valence electrons. The fourth-order valence-electron chi connectivity index (χ4n) is 3.63. The number of piperidine rings is 1. The second kappa shape index (κ2) is 6.20. The van der Waals surface area contributed by atoms with Gasteiger partial charge in [-0.2, -0.15) is 0 Å². The smallest absolute Gasteiger partial charge is 0.251 e. The van der Waals surface area contributed by atoms with Crippen molar-refractivity contribution in [1.82, 2.24) is 15.3 Å². The summed E-state index contributed by atoms with van der Waals surface area (Å²) in [6.07, 6.45) is 4.08. The average molecular weight is 323 g/mol. The van der Waals surface area contributed by atoms with Gasteiger partial charge in [-0.25, -0.2) is 9.97 Å². The summed E-state index contributed by atoms with van der Waals surface area (Å²) in [5.41, 5.74) is 6.94. The van der Waals surface area contributed by atoms with E-state index in [2.05, 4.69) is 50.5 Å². The Hall–Kier alpha value is -2.47. The lowest BCUT2D eigenvalue weighted by Crippen LogP contribution is -2.33. The average Bonchev–Trinajstić information content (AvgIpc) is 3.05. The fourth-order valence-corrected chi connectivity index (χ4v) is 3.63. The number of primary amides is 1. The van der Waals surface area contributed by atoms with E-state index in [0.29, 0.717) is 29.4 Å². The van der Waals surface area contributed by atoms with Crippen LogP contribution in [0.4, 0.5) is 5.95 Å². The quantitative estimate of drug-likeness (QED) is 0.823. The molecule has 6 heteroatoms. The molecule has 1 aromatic heterocycles. The van der Waals surface area contributed by atoms with Crippen LogP contribution in [0.25, 0.3) is 0 Å². The third kappa shape index (κ3) is 2.97. The Morgan fingerprint density at radius 2 is 1.83 bits per heavy atom. The Balaban J connectivity index is 1.25. The summed E-state index contributed by atoms with van der Waals surface area (Å²) in [4.78, 5) is 21.8. The van der Waals surface area contributed by atoms with Crippen LogP contribution >= 0.6 is 0 Å². The number of hydrogen-bond donors (Lipinski definition) is 2. The van der Waals surface area contributed by atoms with Crippen LogP contribution in [0.15, 0.2) is 42.7 Å². The first-order valence-electron chi connectivity index (χ1n) is 8.36. The number of nitrogens with two attached hydrogens (primary N) is 1. The lowest BCUT2D eigenvalue weighted by atomic mass is 10.1. The van der Waals surface area contributed by atoms with Gasteiger partial charge in [-0.15, -0.1) is 0 Å². The number of amides is 1. The van der Waals surface area contributed by atoms with Crippen molar-refractivity contribution in [1.29, 1.82) is 0 Å². The number of carbonyl (C=O) groups excluding carboxylic acids is 1. The molecule has 4 rings (SSSR count). The largest absolute Gasteiger partial charge is 0.366 e. The molecule has 0 bridgehead atoms. The van der Waals surface area contributed by atoms with Gasteiger partial charge >= 0.3 is 0 Å². The molecule has 2 aromatic rings. The number of nitrogens with zero attached hydrogens (tertiary/aromatic N) is 3. The van der Waals surface area contributed by atoms with Crippen molar-refractivity contribution in [3.8, 4) is 0 Å². The first-order chi connectivity index (χ1) is 11.7. The molecule has 1 aliphatic heterocycles. The van der Waals surface area contributed by atoms with Gasteiger partial charge in [-0.05, 0) is 30.4 Å². The zero-order valence-corrected chi connectivity index (χ0v) is 13.4. The second-order valence-electron chi connectivity index (χ2n) is 6.58. The lowest BCUT2D eigenvalue weighted by Gasteiger charge is -2.20. The van der Waals surface area contributed by atoms with Crippen molar-refractivity contribution in [2.75, 3.05) is 24.5 Å². The van der Waals surface area contributed by atoms with Gasteiger partial charge in [-0.3, -0.25) is 4.79 Å². The van der Waals surface area contributed by atoms with Crippen LogP contribution in [-0.4, -0.2) is 41.6 Å². The number of benzene rings is 1. The fraction of sp³-hybridized carbons (Fsp3) is 0.389. The van der Waals surface area contributed by atoms with Crippen LogP contribution in [0, 0.1) is 11.8 Å². The van der Waals surface area contributed by atoms with Gasteiger partial charge in [0, 0.05) is 31.5 Å². The van der Waals surface area contributed by atoms with E-state index in [1.165, 1.54) is 18.0 Å². The summed E-state index contributed by atoms with van der Waals surface area (Å²) in [5, 5.41) is 3.67. The molecule has 2 atom stereocenters. The van der Waals surface area contributed by atoms with E-state index >= 15 is 0 Å². The molecule has 1 saturated heterocycles. The van der Waals surface area contributed by atoms with Gasteiger partial charge in [0.1, 0.15) is 0 Å². The molecule has 0 spiro atoms. The standard InChI is InChI=1S/C18H21N5O/c19-17(24)13-8-21-18(22-9-13)23-10-14-15(11-23)16(14)20-7-6-12-4-2-1-3-5-12/h1-5,8-9,14-16,20H,6-7,10-11H2,(H2,19,24). The molecule has 1 aliphatic carbocycles. The van der Waals surface area contributed by atoms with Crippen LogP contribution in [0.1, 0.15) is 15.9 Å². The van der Waals surface area contributed by atoms with E-state index in [4.69, 9.17) is 5.73 Å². The van der Waals surface area contributed by atoms with Crippen molar-refractivity contribution in [2.24, 2.45) is 17.6 Å². The topological polar surface area (TPSA) is 84.1 Å². The number of hydrogen-bond acceptors (Lipinski definition) is 5. The first kappa shape index (κ1) is 15.1. The molecule has 2 unspecified atom stereocenters. The SMILES string of the molecule is NC(=O)c1cnc(N2CC3C(C2)C3NCCc2ccccc2)nc1. The Labute approximate surface area is 141 Å². The minimum absolute atomic E-state index is 0.351. The Bertz CT molecular complexity index is 706. The maximum Gasteiger partial charge on any atom is 0.251 e. The van der Waals surface area contributed by atoms with E-state index in [1.807, 2.05) is 0 Å². The summed E-state index contributed by atoms with van der Waals surface area (Å²) in [6.45, 7) is 2.97. The van der Waals surface area contributed by atoms with Crippen molar-refractivity contribution in [3.05, 3.63) is 53.9 Å². The van der Waals surface area contributed by atoms with Crippen molar-refractivity contribution in [2.45, 2.75) is 12.5 Å². The molecule has 1 saturated carbocycles. The highest BCUT2D eigenvalue weighted by Gasteiger charge is 2.55. The van der Waals surface area contributed by atoms with Crippen LogP contribution in [-0.2, 0) is 6.42 Å². The maximum absolute atomic E-state index is 11.1. The number of fused-ring (bicyclic) bond motifs is 1. The summed E-state index contributed by atoms with van der Waals surface area (Å²) in [7, 11) is 0. The predicted octanol–water partition coefficient (Wildman–Crippen LogP) is 0.842. The normalized spacial score (nSPS) is 24.7. The van der Waals surface area contributed by atoms with Crippen LogP contribution in [0.5, 0.6) is 0 Å². The maximum atomic E-state index is 11.1. The molecule has 3 N–H and O–H groups in total. The van der Waals surface area contributed by atoms with Crippen molar-refractivity contribution < 1.29 is 4.79 Å². The summed E-state index contributed by atoms with van der Waals surface area (Å²) >= 11 is 0. The number of nitrogens with one attached hydrogen (secondary N) is 1. The van der Waals surface area contributed by atoms with Gasteiger partial charge in [0.2, 0.25) is 5.95 Å². The number of aromatic nitrogens is 2. The molecule has 24 heavy (non-hydrogen) atoms. The zero-order valence-electron chi connectivity index (χ0n) is 13.4. The van der Waals surface area contributed by atoms with Crippen LogP contribution in [0.3, 0.4) is 0 Å². The van der Waals surface area contributed by atoms with Gasteiger partial charge < -0.3 is 16.0 Å². The molecule has 6 nitrogen and oxygen atoms in total. The third-order valence-corrected chi connectivity index (χ3v) is 5.04. The van der Waals surface area contributed by atoms with Gasteiger partial charge in [0.15, 0.2) is 0 Å². The highest BCUT2D eigenvalue weighted by molar-refractivity contribution is 5.92. The molecular weight excluding hydrogens is 302 g/mol.